The molecule has 2 amide bonds. The smallest absolute Gasteiger partial charge is 0.335 e. The average Bonchev–Trinajstić information content (AvgIpc) is 2.55. The van der Waals surface area contributed by atoms with Crippen molar-refractivity contribution in [1.82, 2.24) is 5.01 Å². The van der Waals surface area contributed by atoms with Gasteiger partial charge in [0.2, 0.25) is 0 Å². The lowest BCUT2D eigenvalue weighted by atomic mass is 10.1. The molecule has 134 valence electrons. The van der Waals surface area contributed by atoms with Crippen molar-refractivity contribution in [2.75, 3.05) is 12.4 Å². The normalized spacial score (nSPS) is 10.6. The van der Waals surface area contributed by atoms with Gasteiger partial charge in [-0.25, -0.2) is 19.4 Å². The highest BCUT2D eigenvalue weighted by atomic mass is 35.5. The first-order valence-corrected chi connectivity index (χ1v) is 7.48. The minimum Gasteiger partial charge on any atom is -0.508 e. The quantitative estimate of drug-likeness (QED) is 0.422. The maximum atomic E-state index is 13.1. The molecule has 0 bridgehead atoms. The number of urea groups is 1. The number of hydrazine groups is 1. The van der Waals surface area contributed by atoms with Crippen LogP contribution in [-0.2, 0) is 6.61 Å². The first kappa shape index (κ1) is 18.8. The van der Waals surface area contributed by atoms with E-state index in [0.717, 1.165) is 11.1 Å². The molecule has 0 heterocycles. The van der Waals surface area contributed by atoms with E-state index in [1.807, 2.05) is 0 Å². The van der Waals surface area contributed by atoms with Crippen molar-refractivity contribution in [3.63, 3.8) is 0 Å². The summed E-state index contributed by atoms with van der Waals surface area (Å²) in [6, 6.07) is 7.59. The molecule has 0 aliphatic carbocycles. The van der Waals surface area contributed by atoms with E-state index in [1.165, 1.54) is 19.2 Å². The van der Waals surface area contributed by atoms with E-state index >= 15 is 0 Å². The molecule has 2 aromatic rings. The summed E-state index contributed by atoms with van der Waals surface area (Å²) >= 11 is 6.12. The molecular formula is C16H16ClF2N3O3. The van der Waals surface area contributed by atoms with Crippen molar-refractivity contribution in [3.8, 4) is 11.5 Å². The number of nitrogens with one attached hydrogen (secondary N) is 1. The van der Waals surface area contributed by atoms with Gasteiger partial charge in [0.25, 0.3) is 6.43 Å². The maximum absolute atomic E-state index is 13.1. The SMILES string of the molecule is CN(N)C(=O)Nc1cccc(Cl)c1COc1ccc(O)cc1C(F)F. The van der Waals surface area contributed by atoms with E-state index < -0.39 is 18.0 Å². The minimum atomic E-state index is -2.82. The minimum absolute atomic E-state index is 0.0964. The number of hydrogen-bond donors (Lipinski definition) is 3. The average molecular weight is 372 g/mol. The summed E-state index contributed by atoms with van der Waals surface area (Å²) in [6.07, 6.45) is -2.82. The van der Waals surface area contributed by atoms with E-state index in [0.29, 0.717) is 11.3 Å². The standard InChI is InChI=1S/C16H16ClF2N3O3/c1-22(20)16(24)21-13-4-2-3-12(17)11(13)8-25-14-6-5-9(23)7-10(14)15(18)19/h2-7,15,23H,8,20H2,1H3,(H,21,24). The van der Waals surface area contributed by atoms with Crippen LogP contribution in [0.5, 0.6) is 11.5 Å². The predicted molar refractivity (Wildman–Crippen MR) is 89.8 cm³/mol. The number of aromatic hydroxyl groups is 1. The van der Waals surface area contributed by atoms with Gasteiger partial charge in [0.05, 0.1) is 11.3 Å². The van der Waals surface area contributed by atoms with Gasteiger partial charge in [-0.05, 0) is 30.3 Å². The summed E-state index contributed by atoms with van der Waals surface area (Å²) in [5.74, 6) is 4.97. The van der Waals surface area contributed by atoms with Gasteiger partial charge >= 0.3 is 6.03 Å². The van der Waals surface area contributed by atoms with Gasteiger partial charge in [0.15, 0.2) is 0 Å². The molecule has 4 N–H and O–H groups in total. The molecular weight excluding hydrogens is 356 g/mol. The Morgan fingerprint density at radius 3 is 2.76 bits per heavy atom. The lowest BCUT2D eigenvalue weighted by molar-refractivity contribution is 0.144. The Hall–Kier alpha value is -2.58. The number of rotatable bonds is 5. The van der Waals surface area contributed by atoms with Crippen molar-refractivity contribution in [1.29, 1.82) is 0 Å². The Kier molecular flexibility index (Phi) is 6.00. The largest absolute Gasteiger partial charge is 0.508 e. The number of benzene rings is 2. The van der Waals surface area contributed by atoms with Crippen molar-refractivity contribution < 1.29 is 23.4 Å². The summed E-state index contributed by atoms with van der Waals surface area (Å²) in [7, 11) is 1.36. The van der Waals surface area contributed by atoms with Crippen LogP contribution in [0.25, 0.3) is 0 Å². The summed E-state index contributed by atoms with van der Waals surface area (Å²) in [6.45, 7) is -0.173. The number of hydrogen-bond acceptors (Lipinski definition) is 4. The second-order valence-corrected chi connectivity index (χ2v) is 5.53. The van der Waals surface area contributed by atoms with Crippen LogP contribution in [0.1, 0.15) is 17.6 Å². The Bertz CT molecular complexity index is 772. The van der Waals surface area contributed by atoms with E-state index in [4.69, 9.17) is 22.2 Å². The molecule has 0 fully saturated rings. The number of phenolic OH excluding ortho intramolecular Hbond substituents is 1. The fourth-order valence-corrected chi connectivity index (χ4v) is 2.24. The Balaban J connectivity index is 2.25. The van der Waals surface area contributed by atoms with Gasteiger partial charge < -0.3 is 15.2 Å². The summed E-state index contributed by atoms with van der Waals surface area (Å²) in [4.78, 5) is 11.7. The number of nitrogens with two attached hydrogens (primary N) is 1. The number of amides is 2. The Morgan fingerprint density at radius 1 is 1.40 bits per heavy atom. The molecule has 0 radical (unpaired) electrons. The Labute approximate surface area is 147 Å². The van der Waals surface area contributed by atoms with Gasteiger partial charge in [-0.1, -0.05) is 17.7 Å². The van der Waals surface area contributed by atoms with Crippen LogP contribution >= 0.6 is 11.6 Å². The van der Waals surface area contributed by atoms with Gasteiger partial charge in [0.1, 0.15) is 18.1 Å². The van der Waals surface area contributed by atoms with Crippen LogP contribution in [0.4, 0.5) is 19.3 Å². The molecule has 25 heavy (non-hydrogen) atoms. The third kappa shape index (κ3) is 4.71. The second kappa shape index (κ2) is 8.00. The van der Waals surface area contributed by atoms with Crippen LogP contribution in [-0.4, -0.2) is 23.2 Å². The van der Waals surface area contributed by atoms with E-state index in [2.05, 4.69) is 5.32 Å². The molecule has 0 unspecified atom stereocenters. The number of alkyl halides is 2. The monoisotopic (exact) mass is 371 g/mol. The lowest BCUT2D eigenvalue weighted by Crippen LogP contribution is -2.37. The zero-order valence-electron chi connectivity index (χ0n) is 13.2. The van der Waals surface area contributed by atoms with Crippen LogP contribution in [0, 0.1) is 0 Å². The van der Waals surface area contributed by atoms with Crippen molar-refractivity contribution >= 4 is 23.3 Å². The molecule has 0 saturated heterocycles. The van der Waals surface area contributed by atoms with Gasteiger partial charge in [-0.2, -0.15) is 0 Å². The van der Waals surface area contributed by atoms with E-state index in [1.54, 1.807) is 18.2 Å². The molecule has 2 aromatic carbocycles. The van der Waals surface area contributed by atoms with E-state index in [9.17, 15) is 18.7 Å². The third-order valence-electron chi connectivity index (χ3n) is 3.28. The Morgan fingerprint density at radius 2 is 2.12 bits per heavy atom. The fourth-order valence-electron chi connectivity index (χ4n) is 2.01. The molecule has 0 aliphatic rings. The molecule has 0 spiro atoms. The molecule has 0 atom stereocenters. The summed E-state index contributed by atoms with van der Waals surface area (Å²) in [5.41, 5.74) is 0.291. The first-order chi connectivity index (χ1) is 11.8. The van der Waals surface area contributed by atoms with Gasteiger partial charge in [-0.3, -0.25) is 5.01 Å². The topological polar surface area (TPSA) is 87.8 Å². The zero-order chi connectivity index (χ0) is 18.6. The number of phenols is 1. The highest BCUT2D eigenvalue weighted by molar-refractivity contribution is 6.31. The number of carbonyl (C=O) groups is 1. The van der Waals surface area contributed by atoms with Crippen LogP contribution in [0.3, 0.4) is 0 Å². The highest BCUT2D eigenvalue weighted by Crippen LogP contribution is 2.33. The number of anilines is 1. The number of carbonyl (C=O) groups excluding carboxylic acids is 1. The molecule has 0 aromatic heterocycles. The van der Waals surface area contributed by atoms with Crippen molar-refractivity contribution in [2.24, 2.45) is 5.84 Å². The maximum Gasteiger partial charge on any atom is 0.335 e. The number of halogens is 3. The zero-order valence-corrected chi connectivity index (χ0v) is 13.9. The predicted octanol–water partition coefficient (Wildman–Crippen LogP) is 3.90. The van der Waals surface area contributed by atoms with Gasteiger partial charge in [-0.15, -0.1) is 0 Å². The lowest BCUT2D eigenvalue weighted by Gasteiger charge is -2.17. The van der Waals surface area contributed by atoms with Crippen LogP contribution < -0.4 is 15.9 Å². The molecule has 6 nitrogen and oxygen atoms in total. The highest BCUT2D eigenvalue weighted by Gasteiger charge is 2.17. The fraction of sp³-hybridized carbons (Fsp3) is 0.188. The number of nitrogens with zero attached hydrogens (tertiary/aromatic N) is 1. The molecule has 0 saturated carbocycles. The first-order valence-electron chi connectivity index (χ1n) is 7.10. The van der Waals surface area contributed by atoms with Gasteiger partial charge in [0, 0.05) is 17.6 Å². The summed E-state index contributed by atoms with van der Waals surface area (Å²) in [5, 5.41) is 13.0. The third-order valence-corrected chi connectivity index (χ3v) is 3.64. The van der Waals surface area contributed by atoms with Crippen molar-refractivity contribution in [3.05, 3.63) is 52.5 Å². The summed E-state index contributed by atoms with van der Waals surface area (Å²) < 4.78 is 31.5. The molecule has 9 heteroatoms. The molecule has 0 aliphatic heterocycles. The number of ether oxygens (including phenoxy) is 1. The second-order valence-electron chi connectivity index (χ2n) is 5.12. The molecule has 2 rings (SSSR count). The van der Waals surface area contributed by atoms with Crippen molar-refractivity contribution in [2.45, 2.75) is 13.0 Å². The van der Waals surface area contributed by atoms with Crippen LogP contribution in [0.2, 0.25) is 5.02 Å². The van der Waals surface area contributed by atoms with E-state index in [-0.39, 0.29) is 23.1 Å². The van der Waals surface area contributed by atoms with Crippen LogP contribution in [0.15, 0.2) is 36.4 Å².